The van der Waals surface area contributed by atoms with Crippen molar-refractivity contribution in [3.8, 4) is 0 Å². The number of aliphatic hydroxyl groups excluding tert-OH is 1. The Morgan fingerprint density at radius 1 is 1.31 bits per heavy atom. The first-order chi connectivity index (χ1) is 7.65. The Bertz CT molecular complexity index is 321. The first kappa shape index (κ1) is 11.6. The first-order valence-corrected chi connectivity index (χ1v) is 5.99. The summed E-state index contributed by atoms with van der Waals surface area (Å²) < 4.78 is 5.50. The van der Waals surface area contributed by atoms with Crippen molar-refractivity contribution in [2.75, 3.05) is 0 Å². The van der Waals surface area contributed by atoms with Gasteiger partial charge in [-0.1, -0.05) is 0 Å². The number of nitrogens with zero attached hydrogens (tertiary/aromatic N) is 1. The largest absolute Gasteiger partial charge is 0.444 e. The monoisotopic (exact) mass is 224 g/mol. The van der Waals surface area contributed by atoms with E-state index in [0.29, 0.717) is 12.6 Å². The molecule has 90 valence electrons. The predicted octanol–water partition coefficient (Wildman–Crippen LogP) is 1.68. The molecule has 0 aromatic carbocycles. The van der Waals surface area contributed by atoms with Crippen LogP contribution in [0.25, 0.3) is 0 Å². The predicted molar refractivity (Wildman–Crippen MR) is 61.1 cm³/mol. The number of aryl methyl sites for hydroxylation is 2. The van der Waals surface area contributed by atoms with Gasteiger partial charge >= 0.3 is 0 Å². The van der Waals surface area contributed by atoms with E-state index < -0.39 is 0 Å². The number of hydrogen-bond acceptors (Lipinski definition) is 4. The summed E-state index contributed by atoms with van der Waals surface area (Å²) >= 11 is 0. The molecule has 1 aromatic heterocycles. The second-order valence-electron chi connectivity index (χ2n) is 4.64. The number of nitrogens with one attached hydrogen (secondary N) is 1. The normalized spacial score (nSPS) is 25.9. The van der Waals surface area contributed by atoms with Gasteiger partial charge in [-0.15, -0.1) is 0 Å². The number of oxazole rings is 1. The van der Waals surface area contributed by atoms with Crippen molar-refractivity contribution < 1.29 is 9.52 Å². The Labute approximate surface area is 96.1 Å². The minimum atomic E-state index is -0.0933. The van der Waals surface area contributed by atoms with Crippen LogP contribution >= 0.6 is 0 Å². The third-order valence-electron chi connectivity index (χ3n) is 3.31. The molecule has 0 amide bonds. The SMILES string of the molecule is Cc1nc(CNC2CCC(O)CC2)oc1C. The van der Waals surface area contributed by atoms with E-state index in [1.807, 2.05) is 13.8 Å². The lowest BCUT2D eigenvalue weighted by atomic mass is 9.93. The van der Waals surface area contributed by atoms with Gasteiger partial charge < -0.3 is 14.8 Å². The number of aromatic nitrogens is 1. The molecule has 0 unspecified atom stereocenters. The maximum Gasteiger partial charge on any atom is 0.208 e. The summed E-state index contributed by atoms with van der Waals surface area (Å²) in [4.78, 5) is 4.33. The van der Waals surface area contributed by atoms with Crippen LogP contribution in [0.3, 0.4) is 0 Å². The van der Waals surface area contributed by atoms with Crippen molar-refractivity contribution in [1.82, 2.24) is 10.3 Å². The topological polar surface area (TPSA) is 58.3 Å². The van der Waals surface area contributed by atoms with Crippen LogP contribution in [0.4, 0.5) is 0 Å². The second-order valence-corrected chi connectivity index (χ2v) is 4.64. The molecule has 0 spiro atoms. The van der Waals surface area contributed by atoms with Gasteiger partial charge in [-0.05, 0) is 39.5 Å². The summed E-state index contributed by atoms with van der Waals surface area (Å²) in [7, 11) is 0. The number of rotatable bonds is 3. The summed E-state index contributed by atoms with van der Waals surface area (Å²) in [6.45, 7) is 4.58. The average Bonchev–Trinajstić information content (AvgIpc) is 2.58. The Morgan fingerprint density at radius 3 is 2.56 bits per heavy atom. The Balaban J connectivity index is 1.79. The summed E-state index contributed by atoms with van der Waals surface area (Å²) in [6.07, 6.45) is 3.80. The fourth-order valence-electron chi connectivity index (χ4n) is 2.13. The average molecular weight is 224 g/mol. The Morgan fingerprint density at radius 2 is 2.00 bits per heavy atom. The second kappa shape index (κ2) is 4.97. The van der Waals surface area contributed by atoms with Crippen LogP contribution in [0.15, 0.2) is 4.42 Å². The maximum atomic E-state index is 9.39. The lowest BCUT2D eigenvalue weighted by molar-refractivity contribution is 0.116. The highest BCUT2D eigenvalue weighted by molar-refractivity contribution is 5.05. The highest BCUT2D eigenvalue weighted by atomic mass is 16.4. The van der Waals surface area contributed by atoms with Crippen LogP contribution in [0.2, 0.25) is 0 Å². The minimum absolute atomic E-state index is 0.0933. The third kappa shape index (κ3) is 2.83. The smallest absolute Gasteiger partial charge is 0.208 e. The number of aliphatic hydroxyl groups is 1. The van der Waals surface area contributed by atoms with Crippen molar-refractivity contribution in [2.45, 2.75) is 58.2 Å². The van der Waals surface area contributed by atoms with Crippen molar-refractivity contribution in [1.29, 1.82) is 0 Å². The molecule has 1 aliphatic rings. The van der Waals surface area contributed by atoms with Crippen LogP contribution in [-0.2, 0) is 6.54 Å². The molecule has 2 rings (SSSR count). The molecule has 1 heterocycles. The summed E-state index contributed by atoms with van der Waals surface area (Å²) in [5.74, 6) is 1.66. The molecule has 1 saturated carbocycles. The molecular weight excluding hydrogens is 204 g/mol. The van der Waals surface area contributed by atoms with E-state index in [4.69, 9.17) is 4.42 Å². The molecule has 1 fully saturated rings. The summed E-state index contributed by atoms with van der Waals surface area (Å²) in [6, 6.07) is 0.496. The summed E-state index contributed by atoms with van der Waals surface area (Å²) in [5.41, 5.74) is 0.968. The molecule has 0 radical (unpaired) electrons. The summed E-state index contributed by atoms with van der Waals surface area (Å²) in [5, 5.41) is 12.8. The fourth-order valence-corrected chi connectivity index (χ4v) is 2.13. The van der Waals surface area contributed by atoms with Gasteiger partial charge in [0.25, 0.3) is 0 Å². The van der Waals surface area contributed by atoms with Gasteiger partial charge in [0.15, 0.2) is 0 Å². The zero-order chi connectivity index (χ0) is 11.5. The van der Waals surface area contributed by atoms with Gasteiger partial charge in [0.05, 0.1) is 18.3 Å². The molecule has 0 bridgehead atoms. The quantitative estimate of drug-likeness (QED) is 0.820. The van der Waals surface area contributed by atoms with Gasteiger partial charge in [0, 0.05) is 6.04 Å². The Kier molecular flexibility index (Phi) is 3.61. The number of hydrogen-bond donors (Lipinski definition) is 2. The Hall–Kier alpha value is -0.870. The standard InChI is InChI=1S/C12H20N2O2/c1-8-9(2)16-12(14-8)7-13-10-3-5-11(15)6-4-10/h10-11,13,15H,3-7H2,1-2H3. The third-order valence-corrected chi connectivity index (χ3v) is 3.31. The highest BCUT2D eigenvalue weighted by Crippen LogP contribution is 2.18. The minimum Gasteiger partial charge on any atom is -0.444 e. The van der Waals surface area contributed by atoms with E-state index in [0.717, 1.165) is 43.0 Å². The van der Waals surface area contributed by atoms with Gasteiger partial charge in [0.2, 0.25) is 5.89 Å². The molecule has 0 saturated heterocycles. The molecule has 2 N–H and O–H groups in total. The van der Waals surface area contributed by atoms with E-state index >= 15 is 0 Å². The van der Waals surface area contributed by atoms with Crippen LogP contribution in [0.5, 0.6) is 0 Å². The maximum absolute atomic E-state index is 9.39. The molecule has 4 nitrogen and oxygen atoms in total. The van der Waals surface area contributed by atoms with Crippen LogP contribution in [-0.4, -0.2) is 22.2 Å². The zero-order valence-electron chi connectivity index (χ0n) is 9.99. The zero-order valence-corrected chi connectivity index (χ0v) is 9.99. The molecule has 1 aromatic rings. The molecule has 4 heteroatoms. The van der Waals surface area contributed by atoms with Gasteiger partial charge in [-0.2, -0.15) is 0 Å². The van der Waals surface area contributed by atoms with Crippen LogP contribution in [0.1, 0.15) is 43.0 Å². The van der Waals surface area contributed by atoms with Crippen molar-refractivity contribution in [3.63, 3.8) is 0 Å². The first-order valence-electron chi connectivity index (χ1n) is 5.99. The molecule has 0 aliphatic heterocycles. The van der Waals surface area contributed by atoms with Crippen LogP contribution < -0.4 is 5.32 Å². The van der Waals surface area contributed by atoms with Crippen molar-refractivity contribution >= 4 is 0 Å². The van der Waals surface area contributed by atoms with E-state index in [1.165, 1.54) is 0 Å². The van der Waals surface area contributed by atoms with E-state index in [2.05, 4.69) is 10.3 Å². The van der Waals surface area contributed by atoms with Gasteiger partial charge in [0.1, 0.15) is 5.76 Å². The molecule has 1 aliphatic carbocycles. The van der Waals surface area contributed by atoms with Crippen molar-refractivity contribution in [2.24, 2.45) is 0 Å². The van der Waals surface area contributed by atoms with E-state index in [-0.39, 0.29) is 6.10 Å². The lowest BCUT2D eigenvalue weighted by Gasteiger charge is -2.25. The highest BCUT2D eigenvalue weighted by Gasteiger charge is 2.19. The van der Waals surface area contributed by atoms with Gasteiger partial charge in [-0.3, -0.25) is 0 Å². The van der Waals surface area contributed by atoms with Gasteiger partial charge in [-0.25, -0.2) is 4.98 Å². The van der Waals surface area contributed by atoms with E-state index in [1.54, 1.807) is 0 Å². The van der Waals surface area contributed by atoms with Crippen molar-refractivity contribution in [3.05, 3.63) is 17.3 Å². The molecule has 0 atom stereocenters. The van der Waals surface area contributed by atoms with E-state index in [9.17, 15) is 5.11 Å². The van der Waals surface area contributed by atoms with Crippen LogP contribution in [0, 0.1) is 13.8 Å². The lowest BCUT2D eigenvalue weighted by Crippen LogP contribution is -2.34. The molecular formula is C12H20N2O2. The fraction of sp³-hybridized carbons (Fsp3) is 0.750. The molecule has 16 heavy (non-hydrogen) atoms.